The molecule has 1 aromatic carbocycles. The Morgan fingerprint density at radius 1 is 0.463 bits per heavy atom. The molecule has 0 aliphatic heterocycles. The summed E-state index contributed by atoms with van der Waals surface area (Å²) in [6.07, 6.45) is 33.4. The van der Waals surface area contributed by atoms with Crippen molar-refractivity contribution in [2.24, 2.45) is 0 Å². The van der Waals surface area contributed by atoms with Crippen molar-refractivity contribution in [3.8, 4) is 0 Å². The topological polar surface area (TPSA) is 0 Å². The Morgan fingerprint density at radius 3 is 1.10 bits per heavy atom. The molecular formula is C37H68Cl3N. The first-order valence-corrected chi connectivity index (χ1v) is 18.6. The van der Waals surface area contributed by atoms with Gasteiger partial charge in [0.2, 0.25) is 0 Å². The predicted octanol–water partition coefficient (Wildman–Crippen LogP) is 10.7. The fourth-order valence-electron chi connectivity index (χ4n) is 6.33. The third-order valence-corrected chi connectivity index (χ3v) is 9.57. The highest BCUT2D eigenvalue weighted by Gasteiger charge is 2.28. The van der Waals surface area contributed by atoms with E-state index in [0.717, 1.165) is 16.6 Å². The molecule has 242 valence electrons. The van der Waals surface area contributed by atoms with Crippen LogP contribution in [0.1, 0.15) is 180 Å². The Balaban J connectivity index is 0.0000160. The van der Waals surface area contributed by atoms with E-state index in [1.165, 1.54) is 184 Å². The van der Waals surface area contributed by atoms with Crippen LogP contribution < -0.4 is 12.4 Å². The molecule has 0 fully saturated rings. The average molecular weight is 633 g/mol. The average Bonchev–Trinajstić information content (AvgIpc) is 2.94. The number of rotatable bonds is 29. The molecule has 1 rings (SSSR count). The Labute approximate surface area is 273 Å². The van der Waals surface area contributed by atoms with Crippen molar-refractivity contribution in [1.82, 2.24) is 0 Å². The number of benzene rings is 1. The molecule has 4 heteroatoms. The minimum absolute atomic E-state index is 0. The summed E-state index contributed by atoms with van der Waals surface area (Å²) in [6, 6.07) is 6.20. The van der Waals surface area contributed by atoms with E-state index in [2.05, 4.69) is 26.8 Å². The zero-order chi connectivity index (χ0) is 29.2. The molecule has 0 amide bonds. The van der Waals surface area contributed by atoms with Gasteiger partial charge in [-0.2, -0.15) is 0 Å². The van der Waals surface area contributed by atoms with Crippen molar-refractivity contribution >= 4 is 23.2 Å². The summed E-state index contributed by atoms with van der Waals surface area (Å²) in [5.41, 5.74) is 1.30. The van der Waals surface area contributed by atoms with Crippen LogP contribution >= 0.6 is 23.2 Å². The van der Waals surface area contributed by atoms with Crippen molar-refractivity contribution in [3.63, 3.8) is 0 Å². The number of hydrogen-bond acceptors (Lipinski definition) is 0. The summed E-state index contributed by atoms with van der Waals surface area (Å²) < 4.78 is 1.23. The number of unbranched alkanes of at least 4 members (excludes halogenated alkanes) is 21. The van der Waals surface area contributed by atoms with Crippen LogP contribution in [0.15, 0.2) is 18.2 Å². The van der Waals surface area contributed by atoms with Crippen molar-refractivity contribution in [1.29, 1.82) is 0 Å². The van der Waals surface area contributed by atoms with Crippen LogP contribution in [0.3, 0.4) is 0 Å². The SMILES string of the molecule is CCCCCCCCCC[N+](CCCCCCCCCC)(CCCCCCCCCC)Cc1ccc(Cl)cc1Cl.[Cl-]. The van der Waals surface area contributed by atoms with Crippen LogP contribution in [0.25, 0.3) is 0 Å². The van der Waals surface area contributed by atoms with Gasteiger partial charge < -0.3 is 16.9 Å². The van der Waals surface area contributed by atoms with Crippen LogP contribution in [-0.2, 0) is 6.54 Å². The molecule has 0 radical (unpaired) electrons. The molecule has 0 N–H and O–H groups in total. The summed E-state index contributed by atoms with van der Waals surface area (Å²) >= 11 is 13.1. The van der Waals surface area contributed by atoms with Gasteiger partial charge in [-0.15, -0.1) is 0 Å². The zero-order valence-corrected chi connectivity index (χ0v) is 29.9. The van der Waals surface area contributed by atoms with E-state index in [4.69, 9.17) is 23.2 Å². The Bertz CT molecular complexity index is 642. The molecule has 1 nitrogen and oxygen atoms in total. The maximum atomic E-state index is 6.77. The fraction of sp³-hybridized carbons (Fsp3) is 0.838. The summed E-state index contributed by atoms with van der Waals surface area (Å²) in [5.74, 6) is 0. The van der Waals surface area contributed by atoms with Gasteiger partial charge in [0.1, 0.15) is 6.54 Å². The van der Waals surface area contributed by atoms with Crippen molar-refractivity contribution in [2.75, 3.05) is 19.6 Å². The molecule has 0 unspecified atom stereocenters. The highest BCUT2D eigenvalue weighted by atomic mass is 35.5. The van der Waals surface area contributed by atoms with E-state index in [1.54, 1.807) is 0 Å². The van der Waals surface area contributed by atoms with Gasteiger partial charge in [0.25, 0.3) is 0 Å². The van der Waals surface area contributed by atoms with Crippen LogP contribution in [0.2, 0.25) is 10.0 Å². The summed E-state index contributed by atoms with van der Waals surface area (Å²) in [6.45, 7) is 11.9. The van der Waals surface area contributed by atoms with Gasteiger partial charge >= 0.3 is 0 Å². The Hall–Kier alpha value is 0.0500. The lowest BCUT2D eigenvalue weighted by atomic mass is 10.0. The predicted molar refractivity (Wildman–Crippen MR) is 183 cm³/mol. The second kappa shape index (κ2) is 28.8. The zero-order valence-electron chi connectivity index (χ0n) is 27.6. The molecule has 0 aliphatic rings. The number of halogens is 3. The Morgan fingerprint density at radius 2 is 0.780 bits per heavy atom. The third-order valence-electron chi connectivity index (χ3n) is 8.98. The molecule has 0 spiro atoms. The lowest BCUT2D eigenvalue weighted by Gasteiger charge is -2.40. The van der Waals surface area contributed by atoms with Crippen molar-refractivity contribution < 1.29 is 16.9 Å². The molecule has 0 saturated carbocycles. The van der Waals surface area contributed by atoms with Gasteiger partial charge in [0, 0.05) is 10.6 Å². The lowest BCUT2D eigenvalue weighted by molar-refractivity contribution is -0.941. The fourth-order valence-corrected chi connectivity index (χ4v) is 6.80. The molecule has 1 aromatic rings. The first-order valence-electron chi connectivity index (χ1n) is 17.9. The smallest absolute Gasteiger partial charge is 0.106 e. The quantitative estimate of drug-likeness (QED) is 0.0609. The maximum Gasteiger partial charge on any atom is 0.106 e. The first-order chi connectivity index (χ1) is 19.6. The summed E-state index contributed by atoms with van der Waals surface area (Å²) in [4.78, 5) is 0. The normalized spacial score (nSPS) is 11.6. The van der Waals surface area contributed by atoms with Gasteiger partial charge in [-0.05, 0) is 50.7 Å². The second-order valence-corrected chi connectivity index (χ2v) is 13.7. The largest absolute Gasteiger partial charge is 1.00 e. The molecule has 0 heterocycles. The van der Waals surface area contributed by atoms with Gasteiger partial charge in [-0.1, -0.05) is 166 Å². The first kappa shape index (κ1) is 41.0. The van der Waals surface area contributed by atoms with Crippen LogP contribution in [-0.4, -0.2) is 24.1 Å². The molecule has 0 saturated heterocycles. The second-order valence-electron chi connectivity index (χ2n) is 12.8. The Kier molecular flexibility index (Phi) is 28.8. The highest BCUT2D eigenvalue weighted by molar-refractivity contribution is 6.35. The summed E-state index contributed by atoms with van der Waals surface area (Å²) in [7, 11) is 0. The highest BCUT2D eigenvalue weighted by Crippen LogP contribution is 2.28. The van der Waals surface area contributed by atoms with Gasteiger partial charge in [-0.25, -0.2) is 0 Å². The number of quaternary nitrogens is 1. The minimum atomic E-state index is 0. The standard InChI is InChI=1S/C37H68Cl2N.ClH/c1-4-7-10-13-16-19-22-25-30-40(31-26-23-20-17-14-11-8-5-2,32-27-24-21-18-15-12-9-6-3)34-35-28-29-36(38)33-37(35)39;/h28-29,33H,4-27,30-32,34H2,1-3H3;1H/q+1;/p-1. The lowest BCUT2D eigenvalue weighted by Crippen LogP contribution is -3.00. The molecule has 0 aliphatic carbocycles. The van der Waals surface area contributed by atoms with E-state index >= 15 is 0 Å². The monoisotopic (exact) mass is 631 g/mol. The van der Waals surface area contributed by atoms with Crippen LogP contribution in [0, 0.1) is 0 Å². The molecule has 0 aromatic heterocycles. The number of hydrogen-bond donors (Lipinski definition) is 0. The van der Waals surface area contributed by atoms with Crippen LogP contribution in [0.4, 0.5) is 0 Å². The molecule has 0 atom stereocenters. The van der Waals surface area contributed by atoms with Crippen LogP contribution in [0.5, 0.6) is 0 Å². The minimum Gasteiger partial charge on any atom is -1.00 e. The van der Waals surface area contributed by atoms with E-state index < -0.39 is 0 Å². The summed E-state index contributed by atoms with van der Waals surface area (Å²) in [5, 5.41) is 1.61. The molecular weight excluding hydrogens is 565 g/mol. The molecule has 41 heavy (non-hydrogen) atoms. The number of nitrogens with zero attached hydrogens (tertiary/aromatic N) is 1. The van der Waals surface area contributed by atoms with Gasteiger partial charge in [0.15, 0.2) is 0 Å². The van der Waals surface area contributed by atoms with E-state index in [0.29, 0.717) is 0 Å². The van der Waals surface area contributed by atoms with E-state index in [-0.39, 0.29) is 12.4 Å². The van der Waals surface area contributed by atoms with E-state index in [9.17, 15) is 0 Å². The van der Waals surface area contributed by atoms with Crippen molar-refractivity contribution in [3.05, 3.63) is 33.8 Å². The third kappa shape index (κ3) is 22.2. The van der Waals surface area contributed by atoms with Gasteiger partial charge in [-0.3, -0.25) is 0 Å². The maximum absolute atomic E-state index is 6.77. The van der Waals surface area contributed by atoms with E-state index in [1.807, 2.05) is 12.1 Å². The molecule has 0 bridgehead atoms. The van der Waals surface area contributed by atoms with Crippen molar-refractivity contribution in [2.45, 2.75) is 181 Å². The van der Waals surface area contributed by atoms with Gasteiger partial charge in [0.05, 0.1) is 24.7 Å².